The SMILES string of the molecule is [B]C1C=Cc2cccc3cccc1c23. The van der Waals surface area contributed by atoms with E-state index in [1.165, 1.54) is 21.9 Å². The highest BCUT2D eigenvalue weighted by molar-refractivity contribution is 6.17. The summed E-state index contributed by atoms with van der Waals surface area (Å²) in [5.74, 6) is 0.0496. The lowest BCUT2D eigenvalue weighted by molar-refractivity contribution is 1.23. The lowest BCUT2D eigenvalue weighted by atomic mass is 9.75. The second-order valence-electron chi connectivity index (χ2n) is 3.68. The first kappa shape index (κ1) is 7.87. The summed E-state index contributed by atoms with van der Waals surface area (Å²) in [6.45, 7) is 0. The predicted octanol–water partition coefficient (Wildman–Crippen LogP) is 3.08. The minimum absolute atomic E-state index is 0.0496. The van der Waals surface area contributed by atoms with Crippen LogP contribution in [-0.2, 0) is 0 Å². The van der Waals surface area contributed by atoms with Crippen molar-refractivity contribution in [3.63, 3.8) is 0 Å². The van der Waals surface area contributed by atoms with Crippen LogP contribution in [0, 0.1) is 0 Å². The van der Waals surface area contributed by atoms with E-state index in [4.69, 9.17) is 7.85 Å². The molecule has 14 heavy (non-hydrogen) atoms. The van der Waals surface area contributed by atoms with Gasteiger partial charge in [0.2, 0.25) is 0 Å². The van der Waals surface area contributed by atoms with Gasteiger partial charge in [0.25, 0.3) is 0 Å². The molecule has 0 aromatic heterocycles. The van der Waals surface area contributed by atoms with Crippen LogP contribution in [0.5, 0.6) is 0 Å². The van der Waals surface area contributed by atoms with Gasteiger partial charge in [-0.25, -0.2) is 0 Å². The van der Waals surface area contributed by atoms with Crippen molar-refractivity contribution in [2.24, 2.45) is 0 Å². The van der Waals surface area contributed by atoms with Crippen molar-refractivity contribution in [3.05, 3.63) is 53.6 Å². The number of hydrogen-bond donors (Lipinski definition) is 0. The zero-order chi connectivity index (χ0) is 9.54. The molecule has 2 radical (unpaired) electrons. The fourth-order valence-corrected chi connectivity index (χ4v) is 2.13. The molecule has 0 saturated heterocycles. The van der Waals surface area contributed by atoms with Gasteiger partial charge in [-0.1, -0.05) is 48.6 Å². The van der Waals surface area contributed by atoms with Gasteiger partial charge in [-0.05, 0) is 27.7 Å². The fraction of sp³-hybridized carbons (Fsp3) is 0.0769. The van der Waals surface area contributed by atoms with E-state index in [1.54, 1.807) is 0 Å². The second kappa shape index (κ2) is 2.75. The third-order valence-corrected chi connectivity index (χ3v) is 2.81. The van der Waals surface area contributed by atoms with Crippen LogP contribution in [0.2, 0.25) is 0 Å². The Labute approximate surface area is 84.7 Å². The van der Waals surface area contributed by atoms with E-state index >= 15 is 0 Å². The van der Waals surface area contributed by atoms with Gasteiger partial charge in [-0.2, -0.15) is 0 Å². The summed E-state index contributed by atoms with van der Waals surface area (Å²) >= 11 is 0. The van der Waals surface area contributed by atoms with Gasteiger partial charge in [-0.15, -0.1) is 0 Å². The van der Waals surface area contributed by atoms with Crippen LogP contribution in [0.1, 0.15) is 16.9 Å². The van der Waals surface area contributed by atoms with Gasteiger partial charge < -0.3 is 0 Å². The topological polar surface area (TPSA) is 0 Å². The molecule has 0 aliphatic heterocycles. The van der Waals surface area contributed by atoms with Crippen LogP contribution in [-0.4, -0.2) is 7.85 Å². The highest BCUT2D eigenvalue weighted by Crippen LogP contribution is 2.32. The molecule has 3 rings (SSSR count). The Bertz CT molecular complexity index is 520. The smallest absolute Gasteiger partial charge is 0.0820 e. The molecule has 0 amide bonds. The first-order valence-corrected chi connectivity index (χ1v) is 4.82. The predicted molar refractivity (Wildman–Crippen MR) is 61.5 cm³/mol. The number of rotatable bonds is 0. The first-order chi connectivity index (χ1) is 6.86. The van der Waals surface area contributed by atoms with Crippen LogP contribution < -0.4 is 0 Å². The normalized spacial score (nSPS) is 18.7. The summed E-state index contributed by atoms with van der Waals surface area (Å²) in [6, 6.07) is 12.7. The second-order valence-corrected chi connectivity index (χ2v) is 3.68. The average Bonchev–Trinajstić information content (AvgIpc) is 2.24. The number of benzene rings is 2. The van der Waals surface area contributed by atoms with E-state index in [2.05, 4.69) is 48.6 Å². The Hall–Kier alpha value is -1.50. The van der Waals surface area contributed by atoms with Crippen molar-refractivity contribution in [2.75, 3.05) is 0 Å². The Kier molecular flexibility index (Phi) is 1.54. The highest BCUT2D eigenvalue weighted by atomic mass is 14.1. The quantitative estimate of drug-likeness (QED) is 0.541. The standard InChI is InChI=1S/C13H9B/c14-12-8-7-10-4-1-3-9-5-2-6-11(12)13(9)10/h1-8,12H. The molecule has 1 aliphatic carbocycles. The van der Waals surface area contributed by atoms with Crippen molar-refractivity contribution in [2.45, 2.75) is 5.82 Å². The lowest BCUT2D eigenvalue weighted by Crippen LogP contribution is -2.00. The third kappa shape index (κ3) is 0.956. The maximum atomic E-state index is 6.02. The molecule has 0 fully saturated rings. The van der Waals surface area contributed by atoms with Gasteiger partial charge in [0.05, 0.1) is 7.85 Å². The van der Waals surface area contributed by atoms with Crippen LogP contribution in [0.4, 0.5) is 0 Å². The molecule has 64 valence electrons. The van der Waals surface area contributed by atoms with Crippen molar-refractivity contribution in [3.8, 4) is 0 Å². The average molecular weight is 176 g/mol. The first-order valence-electron chi connectivity index (χ1n) is 4.82. The van der Waals surface area contributed by atoms with Crippen molar-refractivity contribution >= 4 is 24.7 Å². The van der Waals surface area contributed by atoms with Gasteiger partial charge in [0, 0.05) is 0 Å². The van der Waals surface area contributed by atoms with E-state index in [9.17, 15) is 0 Å². The Morgan fingerprint density at radius 1 is 1.00 bits per heavy atom. The summed E-state index contributed by atoms with van der Waals surface area (Å²) in [4.78, 5) is 0. The summed E-state index contributed by atoms with van der Waals surface area (Å²) < 4.78 is 0. The van der Waals surface area contributed by atoms with Crippen molar-refractivity contribution in [1.82, 2.24) is 0 Å². The Balaban J connectivity index is 2.52. The van der Waals surface area contributed by atoms with E-state index in [1.807, 2.05) is 0 Å². The minimum atomic E-state index is 0.0496. The fourth-order valence-electron chi connectivity index (χ4n) is 2.13. The zero-order valence-electron chi connectivity index (χ0n) is 7.77. The number of allylic oxidation sites excluding steroid dienone is 1. The largest absolute Gasteiger partial charge is 0.0852 e. The summed E-state index contributed by atoms with van der Waals surface area (Å²) in [5, 5.41) is 2.59. The maximum Gasteiger partial charge on any atom is 0.0820 e. The van der Waals surface area contributed by atoms with Crippen LogP contribution in [0.25, 0.3) is 16.8 Å². The summed E-state index contributed by atoms with van der Waals surface area (Å²) in [7, 11) is 6.02. The molecule has 1 atom stereocenters. The van der Waals surface area contributed by atoms with Crippen LogP contribution in [0.15, 0.2) is 42.5 Å². The van der Waals surface area contributed by atoms with Crippen molar-refractivity contribution < 1.29 is 0 Å². The maximum absolute atomic E-state index is 6.02. The molecule has 1 heteroatoms. The summed E-state index contributed by atoms with van der Waals surface area (Å²) in [5.41, 5.74) is 2.51. The van der Waals surface area contributed by atoms with Gasteiger partial charge >= 0.3 is 0 Å². The summed E-state index contributed by atoms with van der Waals surface area (Å²) in [6.07, 6.45) is 4.16. The molecule has 0 N–H and O–H groups in total. The van der Waals surface area contributed by atoms with Crippen LogP contribution >= 0.6 is 0 Å². The van der Waals surface area contributed by atoms with Gasteiger partial charge in [0.1, 0.15) is 0 Å². The lowest BCUT2D eigenvalue weighted by Gasteiger charge is -2.17. The minimum Gasteiger partial charge on any atom is -0.0852 e. The third-order valence-electron chi connectivity index (χ3n) is 2.81. The molecule has 1 aliphatic rings. The molecule has 0 bridgehead atoms. The monoisotopic (exact) mass is 176 g/mol. The zero-order valence-corrected chi connectivity index (χ0v) is 7.77. The van der Waals surface area contributed by atoms with E-state index in [-0.39, 0.29) is 5.82 Å². The van der Waals surface area contributed by atoms with Gasteiger partial charge in [-0.3, -0.25) is 0 Å². The molecule has 0 spiro atoms. The van der Waals surface area contributed by atoms with E-state index in [0.717, 1.165) is 0 Å². The van der Waals surface area contributed by atoms with Gasteiger partial charge in [0.15, 0.2) is 0 Å². The molecule has 0 heterocycles. The molecule has 2 aromatic rings. The highest BCUT2D eigenvalue weighted by Gasteiger charge is 2.12. The Morgan fingerprint density at radius 2 is 1.79 bits per heavy atom. The molecular weight excluding hydrogens is 167 g/mol. The molecule has 0 saturated carbocycles. The molecular formula is C13H9B. The van der Waals surface area contributed by atoms with E-state index < -0.39 is 0 Å². The molecule has 1 unspecified atom stereocenters. The molecule has 0 nitrogen and oxygen atoms in total. The van der Waals surface area contributed by atoms with Crippen LogP contribution in [0.3, 0.4) is 0 Å². The number of hydrogen-bond acceptors (Lipinski definition) is 0. The Morgan fingerprint density at radius 3 is 2.64 bits per heavy atom. The van der Waals surface area contributed by atoms with E-state index in [0.29, 0.717) is 0 Å². The molecule has 2 aromatic carbocycles. The van der Waals surface area contributed by atoms with Crippen molar-refractivity contribution in [1.29, 1.82) is 0 Å².